The summed E-state index contributed by atoms with van der Waals surface area (Å²) in [6, 6.07) is 7.11. The number of rotatable bonds is 4. The molecular formula is C22H26F3N5O2. The minimum atomic E-state index is -4.37. The van der Waals surface area contributed by atoms with Crippen molar-refractivity contribution in [3.05, 3.63) is 53.3 Å². The van der Waals surface area contributed by atoms with E-state index in [4.69, 9.17) is 0 Å². The fourth-order valence-corrected chi connectivity index (χ4v) is 4.94. The van der Waals surface area contributed by atoms with Gasteiger partial charge >= 0.3 is 12.2 Å². The molecule has 2 amide bonds. The van der Waals surface area contributed by atoms with E-state index in [0.29, 0.717) is 24.9 Å². The van der Waals surface area contributed by atoms with Crippen LogP contribution in [0.1, 0.15) is 34.5 Å². The summed E-state index contributed by atoms with van der Waals surface area (Å²) < 4.78 is 41.1. The van der Waals surface area contributed by atoms with Gasteiger partial charge in [-0.3, -0.25) is 9.69 Å². The van der Waals surface area contributed by atoms with E-state index in [2.05, 4.69) is 10.4 Å². The monoisotopic (exact) mass is 449 g/mol. The summed E-state index contributed by atoms with van der Waals surface area (Å²) in [7, 11) is 3.37. The third kappa shape index (κ3) is 4.36. The van der Waals surface area contributed by atoms with E-state index in [9.17, 15) is 22.8 Å². The largest absolute Gasteiger partial charge is 0.416 e. The number of aromatic nitrogens is 2. The third-order valence-corrected chi connectivity index (χ3v) is 6.61. The van der Waals surface area contributed by atoms with Crippen molar-refractivity contribution in [3.8, 4) is 0 Å². The molecule has 7 nitrogen and oxygen atoms in total. The summed E-state index contributed by atoms with van der Waals surface area (Å²) in [4.78, 5) is 28.2. The van der Waals surface area contributed by atoms with E-state index in [0.717, 1.165) is 18.9 Å². The smallest absolute Gasteiger partial charge is 0.354 e. The van der Waals surface area contributed by atoms with E-state index < -0.39 is 11.7 Å². The molecule has 1 unspecified atom stereocenters. The number of nitrogens with zero attached hydrogens (tertiary/aromatic N) is 4. The Morgan fingerprint density at radius 1 is 1.16 bits per heavy atom. The molecule has 1 aromatic heterocycles. The zero-order chi connectivity index (χ0) is 23.0. The number of amides is 2. The molecule has 2 aromatic rings. The van der Waals surface area contributed by atoms with E-state index in [1.54, 1.807) is 11.0 Å². The molecule has 32 heavy (non-hydrogen) atoms. The van der Waals surface area contributed by atoms with Gasteiger partial charge in [0.15, 0.2) is 5.69 Å². The number of hydrogen-bond acceptors (Lipinski definition) is 4. The van der Waals surface area contributed by atoms with Crippen molar-refractivity contribution in [2.24, 2.45) is 11.8 Å². The quantitative estimate of drug-likeness (QED) is 0.779. The Morgan fingerprint density at radius 2 is 1.81 bits per heavy atom. The van der Waals surface area contributed by atoms with Crippen molar-refractivity contribution in [1.82, 2.24) is 24.9 Å². The molecule has 1 saturated heterocycles. The van der Waals surface area contributed by atoms with Gasteiger partial charge in [-0.15, -0.1) is 0 Å². The second kappa shape index (κ2) is 8.57. The van der Waals surface area contributed by atoms with Crippen LogP contribution in [0.4, 0.5) is 18.0 Å². The topological polar surface area (TPSA) is 70.5 Å². The van der Waals surface area contributed by atoms with Gasteiger partial charge in [0, 0.05) is 38.9 Å². The van der Waals surface area contributed by atoms with Gasteiger partial charge in [0.1, 0.15) is 0 Å². The summed E-state index contributed by atoms with van der Waals surface area (Å²) in [5, 5.41) is 6.52. The van der Waals surface area contributed by atoms with Crippen molar-refractivity contribution < 1.29 is 22.8 Å². The number of benzene rings is 1. The van der Waals surface area contributed by atoms with Gasteiger partial charge in [0.2, 0.25) is 0 Å². The molecule has 2 heterocycles. The minimum Gasteiger partial charge on any atom is -0.354 e. The maximum Gasteiger partial charge on any atom is 0.416 e. The maximum absolute atomic E-state index is 13.3. The Kier molecular flexibility index (Phi) is 5.98. The van der Waals surface area contributed by atoms with Crippen molar-refractivity contribution in [2.75, 3.05) is 27.2 Å². The number of alkyl halides is 3. The summed E-state index contributed by atoms with van der Waals surface area (Å²) in [6.45, 7) is 1.41. The first-order chi connectivity index (χ1) is 15.2. The molecule has 0 spiro atoms. The fourth-order valence-electron chi connectivity index (χ4n) is 4.94. The zero-order valence-electron chi connectivity index (χ0n) is 18.0. The second-order valence-electron chi connectivity index (χ2n) is 8.63. The van der Waals surface area contributed by atoms with Crippen LogP contribution < -0.4 is 5.32 Å². The summed E-state index contributed by atoms with van der Waals surface area (Å²) in [5.41, 5.74) is -0.125. The van der Waals surface area contributed by atoms with Crippen molar-refractivity contribution in [1.29, 1.82) is 0 Å². The lowest BCUT2D eigenvalue weighted by Gasteiger charge is -2.27. The van der Waals surface area contributed by atoms with Gasteiger partial charge in [0.25, 0.3) is 5.91 Å². The van der Waals surface area contributed by atoms with Crippen LogP contribution >= 0.6 is 0 Å². The average molecular weight is 449 g/mol. The molecule has 0 bridgehead atoms. The van der Waals surface area contributed by atoms with Crippen LogP contribution in [0.25, 0.3) is 0 Å². The second-order valence-corrected chi connectivity index (χ2v) is 8.63. The molecule has 10 heteroatoms. The lowest BCUT2D eigenvalue weighted by molar-refractivity contribution is -0.138. The third-order valence-electron chi connectivity index (χ3n) is 6.61. The van der Waals surface area contributed by atoms with Crippen molar-refractivity contribution in [2.45, 2.75) is 31.6 Å². The lowest BCUT2D eigenvalue weighted by atomic mass is 10.0. The highest BCUT2D eigenvalue weighted by atomic mass is 19.4. The summed E-state index contributed by atoms with van der Waals surface area (Å²) >= 11 is 0. The van der Waals surface area contributed by atoms with Gasteiger partial charge in [-0.05, 0) is 49.4 Å². The van der Waals surface area contributed by atoms with Crippen LogP contribution in [0.5, 0.6) is 0 Å². The Labute approximate surface area is 184 Å². The van der Waals surface area contributed by atoms with E-state index >= 15 is 0 Å². The van der Waals surface area contributed by atoms with Crippen LogP contribution in [-0.4, -0.2) is 64.7 Å². The molecular weight excluding hydrogens is 423 g/mol. The number of carbonyl (C=O) groups excluding carboxylic acids is 2. The van der Waals surface area contributed by atoms with Gasteiger partial charge < -0.3 is 10.2 Å². The SMILES string of the molecule is CNC(=O)c1ccn(C(=O)N2C[C@H]3CC(N(C)Cc4ccccc4C(F)(F)F)C[C@H]3C2)n1. The normalized spacial score (nSPS) is 22.9. The molecule has 0 radical (unpaired) electrons. The Bertz CT molecular complexity index is 991. The lowest BCUT2D eigenvalue weighted by Crippen LogP contribution is -2.36. The first-order valence-electron chi connectivity index (χ1n) is 10.6. The van der Waals surface area contributed by atoms with Crippen LogP contribution in [0.3, 0.4) is 0 Å². The minimum absolute atomic E-state index is 0.174. The van der Waals surface area contributed by atoms with Gasteiger partial charge in [-0.2, -0.15) is 23.0 Å². The molecule has 172 valence electrons. The van der Waals surface area contributed by atoms with Crippen molar-refractivity contribution >= 4 is 11.9 Å². The van der Waals surface area contributed by atoms with Gasteiger partial charge in [-0.1, -0.05) is 18.2 Å². The standard InChI is InChI=1S/C22H26F3N5O2/c1-26-20(31)19-7-8-30(27-19)21(32)29-12-15-9-17(10-16(15)13-29)28(2)11-14-5-3-4-6-18(14)22(23,24)25/h3-8,15-17H,9-13H2,1-2H3,(H,26,31)/t15-,16+,17?. The van der Waals surface area contributed by atoms with Crippen molar-refractivity contribution in [3.63, 3.8) is 0 Å². The number of hydrogen-bond donors (Lipinski definition) is 1. The predicted octanol–water partition coefficient (Wildman–Crippen LogP) is 3.07. The molecule has 1 aromatic carbocycles. The molecule has 1 aliphatic carbocycles. The molecule has 4 rings (SSSR count). The number of nitrogens with one attached hydrogen (secondary N) is 1. The van der Waals surface area contributed by atoms with E-state index in [-0.39, 0.29) is 35.8 Å². The highest BCUT2D eigenvalue weighted by molar-refractivity contribution is 5.92. The highest BCUT2D eigenvalue weighted by Gasteiger charge is 2.44. The summed E-state index contributed by atoms with van der Waals surface area (Å²) in [5.74, 6) is 0.254. The van der Waals surface area contributed by atoms with Gasteiger partial charge in [-0.25, -0.2) is 4.79 Å². The number of fused-ring (bicyclic) bond motifs is 1. The number of halogens is 3. The van der Waals surface area contributed by atoms with E-state index in [1.165, 1.54) is 36.1 Å². The van der Waals surface area contributed by atoms with Crippen LogP contribution in [0.15, 0.2) is 36.5 Å². The maximum atomic E-state index is 13.3. The first-order valence-corrected chi connectivity index (χ1v) is 10.6. The average Bonchev–Trinajstić information content (AvgIpc) is 3.47. The molecule has 1 N–H and O–H groups in total. The number of carbonyl (C=O) groups is 2. The Morgan fingerprint density at radius 3 is 2.44 bits per heavy atom. The molecule has 3 atom stereocenters. The highest BCUT2D eigenvalue weighted by Crippen LogP contribution is 2.41. The fraction of sp³-hybridized carbons (Fsp3) is 0.500. The predicted molar refractivity (Wildman–Crippen MR) is 111 cm³/mol. The Hall–Kier alpha value is -2.88. The molecule has 1 saturated carbocycles. The van der Waals surface area contributed by atoms with Gasteiger partial charge in [0.05, 0.1) is 5.56 Å². The molecule has 2 aliphatic rings. The van der Waals surface area contributed by atoms with Crippen LogP contribution in [0, 0.1) is 11.8 Å². The number of likely N-dealkylation sites (tertiary alicyclic amines) is 1. The van der Waals surface area contributed by atoms with Crippen LogP contribution in [0.2, 0.25) is 0 Å². The Balaban J connectivity index is 1.35. The zero-order valence-corrected chi connectivity index (χ0v) is 18.0. The van der Waals surface area contributed by atoms with Crippen LogP contribution in [-0.2, 0) is 12.7 Å². The molecule has 2 fully saturated rings. The van der Waals surface area contributed by atoms with E-state index in [1.807, 2.05) is 11.9 Å². The molecule has 1 aliphatic heterocycles. The summed E-state index contributed by atoms with van der Waals surface area (Å²) in [6.07, 6.45) is -1.21. The first kappa shape index (κ1) is 22.3.